The average molecular weight is 608 g/mol. The molecule has 0 aliphatic heterocycles. The molecule has 1 N–H and O–H groups in total. The molecule has 0 saturated heterocycles. The number of ether oxygens (including phenoxy) is 2. The monoisotopic (exact) mass is 607 g/mol. The van der Waals surface area contributed by atoms with Crippen LogP contribution in [0.2, 0.25) is 0 Å². The van der Waals surface area contributed by atoms with Gasteiger partial charge in [-0.3, -0.25) is 13.9 Å². The van der Waals surface area contributed by atoms with E-state index in [-0.39, 0.29) is 23.4 Å². The maximum atomic E-state index is 14.2. The minimum absolute atomic E-state index is 0.0177. The number of hydrogen-bond donors (Lipinski definition) is 1. The highest BCUT2D eigenvalue weighted by molar-refractivity contribution is 7.92. The highest BCUT2D eigenvalue weighted by Gasteiger charge is 2.33. The number of amides is 2. The van der Waals surface area contributed by atoms with Gasteiger partial charge in [-0.15, -0.1) is 0 Å². The van der Waals surface area contributed by atoms with Gasteiger partial charge in [0.1, 0.15) is 24.1 Å². The van der Waals surface area contributed by atoms with Crippen LogP contribution in [0.4, 0.5) is 5.69 Å². The van der Waals surface area contributed by atoms with Crippen LogP contribution in [-0.4, -0.2) is 58.0 Å². The third-order valence-electron chi connectivity index (χ3n) is 7.85. The normalized spacial score (nSPS) is 14.4. The summed E-state index contributed by atoms with van der Waals surface area (Å²) in [5.41, 5.74) is 2.05. The zero-order chi connectivity index (χ0) is 31.0. The molecule has 9 nitrogen and oxygen atoms in total. The summed E-state index contributed by atoms with van der Waals surface area (Å²) in [5.74, 6) is 0.363. The Morgan fingerprint density at radius 2 is 1.56 bits per heavy atom. The van der Waals surface area contributed by atoms with Crippen molar-refractivity contribution in [3.63, 3.8) is 0 Å². The summed E-state index contributed by atoms with van der Waals surface area (Å²) < 4.78 is 39.7. The number of nitrogens with zero attached hydrogens (tertiary/aromatic N) is 2. The summed E-state index contributed by atoms with van der Waals surface area (Å²) in [6.45, 7) is 3.19. The Morgan fingerprint density at radius 3 is 2.19 bits per heavy atom. The quantitative estimate of drug-likeness (QED) is 0.308. The van der Waals surface area contributed by atoms with E-state index in [2.05, 4.69) is 5.32 Å². The van der Waals surface area contributed by atoms with Gasteiger partial charge < -0.3 is 19.7 Å². The van der Waals surface area contributed by atoms with Gasteiger partial charge in [-0.05, 0) is 80.8 Å². The molecule has 1 aliphatic carbocycles. The smallest absolute Gasteiger partial charge is 0.264 e. The van der Waals surface area contributed by atoms with Crippen LogP contribution in [0.5, 0.6) is 11.5 Å². The molecule has 1 saturated carbocycles. The van der Waals surface area contributed by atoms with Crippen LogP contribution < -0.4 is 19.1 Å². The third-order valence-corrected chi connectivity index (χ3v) is 9.64. The number of carbonyl (C=O) groups excluding carboxylic acids is 2. The van der Waals surface area contributed by atoms with Crippen LogP contribution >= 0.6 is 0 Å². The Bertz CT molecular complexity index is 1490. The van der Waals surface area contributed by atoms with Gasteiger partial charge in [-0.1, -0.05) is 49.1 Å². The first-order valence-corrected chi connectivity index (χ1v) is 16.0. The first-order valence-electron chi connectivity index (χ1n) is 14.6. The van der Waals surface area contributed by atoms with E-state index in [1.807, 2.05) is 19.1 Å². The standard InChI is InChI=1S/C33H41N3O6S/c1-24-13-15-28(16-14-24)36(43(39,40)31-19-17-29(41-3)18-20-31)23-32(37)35(22-26-9-8-12-30(21-26)42-4)25(2)33(38)34-27-10-6-5-7-11-27/h8-9,12-21,25,27H,5-7,10-11,22-23H2,1-4H3,(H,34,38)/t25-/m1/s1. The van der Waals surface area contributed by atoms with Crippen LogP contribution in [0.3, 0.4) is 0 Å². The second-order valence-corrected chi connectivity index (χ2v) is 12.8. The Kier molecular flexibility index (Phi) is 10.7. The van der Waals surface area contributed by atoms with E-state index in [0.717, 1.165) is 47.5 Å². The molecule has 0 unspecified atom stereocenters. The van der Waals surface area contributed by atoms with Crippen LogP contribution in [0, 0.1) is 6.92 Å². The van der Waals surface area contributed by atoms with Crippen molar-refractivity contribution in [2.75, 3.05) is 25.1 Å². The lowest BCUT2D eigenvalue weighted by molar-refractivity contribution is -0.139. The van der Waals surface area contributed by atoms with Gasteiger partial charge in [-0.2, -0.15) is 0 Å². The molecule has 2 amide bonds. The maximum absolute atomic E-state index is 14.2. The first kappa shape index (κ1) is 31.9. The van der Waals surface area contributed by atoms with Crippen molar-refractivity contribution in [1.82, 2.24) is 10.2 Å². The first-order chi connectivity index (χ1) is 20.6. The molecule has 1 fully saturated rings. The number of sulfonamides is 1. The van der Waals surface area contributed by atoms with Crippen LogP contribution in [0.25, 0.3) is 0 Å². The molecule has 230 valence electrons. The summed E-state index contributed by atoms with van der Waals surface area (Å²) >= 11 is 0. The van der Waals surface area contributed by atoms with Crippen molar-refractivity contribution in [2.45, 2.75) is 69.5 Å². The lowest BCUT2D eigenvalue weighted by Gasteiger charge is -2.33. The van der Waals surface area contributed by atoms with E-state index in [9.17, 15) is 18.0 Å². The molecule has 3 aromatic carbocycles. The van der Waals surface area contributed by atoms with E-state index in [1.165, 1.54) is 24.1 Å². The largest absolute Gasteiger partial charge is 0.497 e. The van der Waals surface area contributed by atoms with Crippen molar-refractivity contribution in [3.8, 4) is 11.5 Å². The highest BCUT2D eigenvalue weighted by atomic mass is 32.2. The Balaban J connectivity index is 1.68. The van der Waals surface area contributed by atoms with Crippen molar-refractivity contribution < 1.29 is 27.5 Å². The number of rotatable bonds is 12. The van der Waals surface area contributed by atoms with Crippen LogP contribution in [-0.2, 0) is 26.2 Å². The number of carbonyl (C=O) groups is 2. The zero-order valence-corrected chi connectivity index (χ0v) is 26.1. The molecule has 3 aromatic rings. The van der Waals surface area contributed by atoms with Gasteiger partial charge in [0.2, 0.25) is 11.8 Å². The molecule has 0 radical (unpaired) electrons. The molecule has 0 bridgehead atoms. The minimum Gasteiger partial charge on any atom is -0.497 e. The molecular weight excluding hydrogens is 566 g/mol. The molecule has 1 atom stereocenters. The number of methoxy groups -OCH3 is 2. The van der Waals surface area contributed by atoms with Crippen LogP contribution in [0.15, 0.2) is 77.7 Å². The molecular formula is C33H41N3O6S. The zero-order valence-electron chi connectivity index (χ0n) is 25.3. The number of nitrogens with one attached hydrogen (secondary N) is 1. The second-order valence-electron chi connectivity index (χ2n) is 10.9. The molecule has 4 rings (SSSR count). The predicted molar refractivity (Wildman–Crippen MR) is 167 cm³/mol. The fourth-order valence-corrected chi connectivity index (χ4v) is 6.65. The lowest BCUT2D eigenvalue weighted by atomic mass is 9.95. The SMILES string of the molecule is COc1ccc(S(=O)(=O)N(CC(=O)N(Cc2cccc(OC)c2)[C@H](C)C(=O)NC2CCCCC2)c2ccc(C)cc2)cc1. The lowest BCUT2D eigenvalue weighted by Crippen LogP contribution is -2.53. The minimum atomic E-state index is -4.16. The molecule has 43 heavy (non-hydrogen) atoms. The van der Waals surface area contributed by atoms with E-state index >= 15 is 0 Å². The average Bonchev–Trinajstić information content (AvgIpc) is 3.03. The predicted octanol–water partition coefficient (Wildman–Crippen LogP) is 5.07. The second kappa shape index (κ2) is 14.4. The fraction of sp³-hybridized carbons (Fsp3) is 0.394. The summed E-state index contributed by atoms with van der Waals surface area (Å²) in [7, 11) is -1.10. The van der Waals surface area contributed by atoms with E-state index < -0.39 is 28.5 Å². The van der Waals surface area contributed by atoms with Gasteiger partial charge in [-0.25, -0.2) is 8.42 Å². The molecule has 1 aliphatic rings. The summed E-state index contributed by atoms with van der Waals surface area (Å²) in [5, 5.41) is 3.12. The number of anilines is 1. The Hall–Kier alpha value is -4.05. The van der Waals surface area contributed by atoms with Crippen molar-refractivity contribution in [1.29, 1.82) is 0 Å². The van der Waals surface area contributed by atoms with Gasteiger partial charge in [0, 0.05) is 12.6 Å². The summed E-state index contributed by atoms with van der Waals surface area (Å²) in [4.78, 5) is 29.1. The van der Waals surface area contributed by atoms with Gasteiger partial charge >= 0.3 is 0 Å². The van der Waals surface area contributed by atoms with Gasteiger partial charge in [0.15, 0.2) is 0 Å². The molecule has 0 aromatic heterocycles. The van der Waals surface area contributed by atoms with Crippen molar-refractivity contribution in [3.05, 3.63) is 83.9 Å². The van der Waals surface area contributed by atoms with Crippen molar-refractivity contribution in [2.24, 2.45) is 0 Å². The topological polar surface area (TPSA) is 105 Å². The Labute approximate surface area is 254 Å². The fourth-order valence-electron chi connectivity index (χ4n) is 5.23. The maximum Gasteiger partial charge on any atom is 0.264 e. The van der Waals surface area contributed by atoms with E-state index in [0.29, 0.717) is 17.2 Å². The number of aryl methyl sites for hydroxylation is 1. The number of hydrogen-bond acceptors (Lipinski definition) is 6. The van der Waals surface area contributed by atoms with Gasteiger partial charge in [0.25, 0.3) is 10.0 Å². The molecule has 0 spiro atoms. The van der Waals surface area contributed by atoms with Crippen molar-refractivity contribution >= 4 is 27.5 Å². The van der Waals surface area contributed by atoms with Crippen LogP contribution in [0.1, 0.15) is 50.2 Å². The summed E-state index contributed by atoms with van der Waals surface area (Å²) in [6.07, 6.45) is 5.08. The number of benzene rings is 3. The third kappa shape index (κ3) is 8.07. The highest BCUT2D eigenvalue weighted by Crippen LogP contribution is 2.27. The molecule has 0 heterocycles. The molecule has 10 heteroatoms. The summed E-state index contributed by atoms with van der Waals surface area (Å²) in [6, 6.07) is 19.5. The Morgan fingerprint density at radius 1 is 0.907 bits per heavy atom. The van der Waals surface area contributed by atoms with Gasteiger partial charge in [0.05, 0.1) is 24.8 Å². The van der Waals surface area contributed by atoms with E-state index in [1.54, 1.807) is 62.6 Å². The van der Waals surface area contributed by atoms with E-state index in [4.69, 9.17) is 9.47 Å².